The first-order chi connectivity index (χ1) is 8.31. The van der Waals surface area contributed by atoms with E-state index >= 15 is 0 Å². The van der Waals surface area contributed by atoms with Crippen LogP contribution in [0.25, 0.3) is 20.2 Å². The van der Waals surface area contributed by atoms with Gasteiger partial charge in [-0.15, -0.1) is 11.3 Å². The summed E-state index contributed by atoms with van der Waals surface area (Å²) in [5.41, 5.74) is 1.30. The molecule has 0 atom stereocenters. The Balaban J connectivity index is 2.47. The molecule has 0 radical (unpaired) electrons. The van der Waals surface area contributed by atoms with Gasteiger partial charge in [-0.1, -0.05) is 0 Å². The summed E-state index contributed by atoms with van der Waals surface area (Å²) in [5, 5.41) is 19.9. The first-order valence-corrected chi connectivity index (χ1v) is 5.90. The normalized spacial score (nSPS) is 10.2. The van der Waals surface area contributed by atoms with Crippen LogP contribution in [0.15, 0.2) is 36.4 Å². The molecule has 0 saturated carbocycles. The van der Waals surface area contributed by atoms with Gasteiger partial charge in [0.1, 0.15) is 0 Å². The van der Waals surface area contributed by atoms with Crippen molar-refractivity contribution in [2.75, 3.05) is 0 Å². The Labute approximate surface area is 102 Å². The largest absolute Gasteiger partial charge is 0.192 e. The van der Waals surface area contributed by atoms with E-state index in [1.807, 2.05) is 36.4 Å². The molecule has 0 aliphatic rings. The summed E-state index contributed by atoms with van der Waals surface area (Å²) in [4.78, 5) is 0. The van der Waals surface area contributed by atoms with Crippen LogP contribution in [0.3, 0.4) is 0 Å². The summed E-state index contributed by atoms with van der Waals surface area (Å²) in [6, 6.07) is 15.6. The van der Waals surface area contributed by atoms with E-state index in [9.17, 15) is 0 Å². The Hall–Kier alpha value is -2.36. The molecule has 78 valence electrons. The van der Waals surface area contributed by atoms with Crippen LogP contribution in [0.2, 0.25) is 0 Å². The number of nitriles is 2. The molecule has 1 aromatic heterocycles. The maximum atomic E-state index is 8.91. The monoisotopic (exact) mass is 234 g/mol. The fourth-order valence-electron chi connectivity index (χ4n) is 1.92. The quantitative estimate of drug-likeness (QED) is 0.594. The lowest BCUT2D eigenvalue weighted by atomic mass is 10.1. The molecule has 0 fully saturated rings. The van der Waals surface area contributed by atoms with E-state index in [2.05, 4.69) is 12.1 Å². The van der Waals surface area contributed by atoms with Crippen molar-refractivity contribution in [3.05, 3.63) is 47.5 Å². The van der Waals surface area contributed by atoms with Gasteiger partial charge in [0.05, 0.1) is 23.3 Å². The average Bonchev–Trinajstić information content (AvgIpc) is 2.75. The number of hydrogen-bond donors (Lipinski definition) is 0. The lowest BCUT2D eigenvalue weighted by molar-refractivity contribution is 1.50. The zero-order valence-corrected chi connectivity index (χ0v) is 9.58. The summed E-state index contributed by atoms with van der Waals surface area (Å²) >= 11 is 1.68. The van der Waals surface area contributed by atoms with Crippen molar-refractivity contribution in [2.24, 2.45) is 0 Å². The summed E-state index contributed by atoms with van der Waals surface area (Å²) in [6.45, 7) is 0. The Kier molecular flexibility index (Phi) is 2.08. The van der Waals surface area contributed by atoms with E-state index in [0.29, 0.717) is 11.1 Å². The van der Waals surface area contributed by atoms with E-state index < -0.39 is 0 Å². The van der Waals surface area contributed by atoms with Gasteiger partial charge in [-0.05, 0) is 36.4 Å². The lowest BCUT2D eigenvalue weighted by Crippen LogP contribution is -1.74. The van der Waals surface area contributed by atoms with Crippen LogP contribution in [-0.2, 0) is 0 Å². The fraction of sp³-hybridized carbons (Fsp3) is 0. The van der Waals surface area contributed by atoms with Crippen LogP contribution >= 0.6 is 11.3 Å². The van der Waals surface area contributed by atoms with Crippen LogP contribution in [0, 0.1) is 22.7 Å². The van der Waals surface area contributed by atoms with Gasteiger partial charge in [-0.3, -0.25) is 0 Å². The molecule has 2 aromatic carbocycles. The van der Waals surface area contributed by atoms with Crippen LogP contribution in [0.5, 0.6) is 0 Å². The maximum absolute atomic E-state index is 8.91. The van der Waals surface area contributed by atoms with Crippen molar-refractivity contribution < 1.29 is 0 Å². The minimum atomic E-state index is 0.652. The molecule has 0 saturated heterocycles. The molecule has 0 amide bonds. The van der Waals surface area contributed by atoms with Gasteiger partial charge < -0.3 is 0 Å². The average molecular weight is 234 g/mol. The van der Waals surface area contributed by atoms with Crippen LogP contribution in [0.1, 0.15) is 11.1 Å². The standard InChI is InChI=1S/C14H6N2S/c15-7-9-1-3-13-11(5-9)12-6-10(8-16)2-4-14(12)17-13/h1-6H. The zero-order chi connectivity index (χ0) is 11.8. The van der Waals surface area contributed by atoms with Crippen molar-refractivity contribution >= 4 is 31.5 Å². The fourth-order valence-corrected chi connectivity index (χ4v) is 2.98. The SMILES string of the molecule is N#Cc1ccc2sc3ccc(C#N)cc3c2c1. The Morgan fingerprint density at radius 3 is 1.65 bits per heavy atom. The van der Waals surface area contributed by atoms with Crippen LogP contribution < -0.4 is 0 Å². The number of fused-ring (bicyclic) bond motifs is 3. The van der Waals surface area contributed by atoms with E-state index in [-0.39, 0.29) is 0 Å². The molecule has 0 unspecified atom stereocenters. The van der Waals surface area contributed by atoms with Gasteiger partial charge >= 0.3 is 0 Å². The highest BCUT2D eigenvalue weighted by atomic mass is 32.1. The lowest BCUT2D eigenvalue weighted by Gasteiger charge is -1.93. The molecule has 0 aliphatic carbocycles. The predicted octanol–water partition coefficient (Wildman–Crippen LogP) is 3.80. The third kappa shape index (κ3) is 1.45. The molecule has 0 bridgehead atoms. The Morgan fingerprint density at radius 2 is 1.24 bits per heavy atom. The molecule has 17 heavy (non-hydrogen) atoms. The third-order valence-corrected chi connectivity index (χ3v) is 3.88. The molecule has 0 N–H and O–H groups in total. The van der Waals surface area contributed by atoms with Crippen molar-refractivity contribution in [2.45, 2.75) is 0 Å². The van der Waals surface area contributed by atoms with Gasteiger partial charge in [-0.25, -0.2) is 0 Å². The number of rotatable bonds is 0. The highest BCUT2D eigenvalue weighted by Crippen LogP contribution is 2.34. The molecule has 3 rings (SSSR count). The third-order valence-electron chi connectivity index (χ3n) is 2.73. The van der Waals surface area contributed by atoms with Crippen molar-refractivity contribution in [1.29, 1.82) is 10.5 Å². The zero-order valence-electron chi connectivity index (χ0n) is 8.77. The maximum Gasteiger partial charge on any atom is 0.0991 e. The summed E-state index contributed by atoms with van der Waals surface area (Å²) in [5.74, 6) is 0. The predicted molar refractivity (Wildman–Crippen MR) is 68.8 cm³/mol. The van der Waals surface area contributed by atoms with Crippen molar-refractivity contribution in [3.63, 3.8) is 0 Å². The van der Waals surface area contributed by atoms with E-state index in [0.717, 1.165) is 20.2 Å². The topological polar surface area (TPSA) is 47.6 Å². The molecule has 0 aliphatic heterocycles. The van der Waals surface area contributed by atoms with E-state index in [1.54, 1.807) is 11.3 Å². The molecule has 2 nitrogen and oxygen atoms in total. The second-order valence-electron chi connectivity index (χ2n) is 3.75. The minimum Gasteiger partial charge on any atom is -0.192 e. The first kappa shape index (κ1) is 9.84. The van der Waals surface area contributed by atoms with Gasteiger partial charge in [-0.2, -0.15) is 10.5 Å². The Bertz CT molecular complexity index is 747. The van der Waals surface area contributed by atoms with Gasteiger partial charge in [0.2, 0.25) is 0 Å². The molecule has 1 heterocycles. The smallest absolute Gasteiger partial charge is 0.0991 e. The highest BCUT2D eigenvalue weighted by molar-refractivity contribution is 7.25. The number of hydrogen-bond acceptors (Lipinski definition) is 3. The van der Waals surface area contributed by atoms with Crippen molar-refractivity contribution in [3.8, 4) is 12.1 Å². The van der Waals surface area contributed by atoms with Crippen molar-refractivity contribution in [1.82, 2.24) is 0 Å². The van der Waals surface area contributed by atoms with Gasteiger partial charge in [0, 0.05) is 20.2 Å². The molecule has 3 aromatic rings. The molecule has 3 heteroatoms. The molecule has 0 spiro atoms. The molecular formula is C14H6N2S. The number of benzene rings is 2. The van der Waals surface area contributed by atoms with Gasteiger partial charge in [0.25, 0.3) is 0 Å². The first-order valence-electron chi connectivity index (χ1n) is 5.08. The highest BCUT2D eigenvalue weighted by Gasteiger charge is 2.06. The number of nitrogens with zero attached hydrogens (tertiary/aromatic N) is 2. The van der Waals surface area contributed by atoms with E-state index in [1.165, 1.54) is 0 Å². The minimum absolute atomic E-state index is 0.652. The molecular weight excluding hydrogens is 228 g/mol. The summed E-state index contributed by atoms with van der Waals surface area (Å²) in [7, 11) is 0. The van der Waals surface area contributed by atoms with Crippen LogP contribution in [-0.4, -0.2) is 0 Å². The number of thiophene rings is 1. The summed E-state index contributed by atoms with van der Waals surface area (Å²) in [6.07, 6.45) is 0. The summed E-state index contributed by atoms with van der Waals surface area (Å²) < 4.78 is 2.29. The van der Waals surface area contributed by atoms with E-state index in [4.69, 9.17) is 10.5 Å². The second kappa shape index (κ2) is 3.59. The Morgan fingerprint density at radius 1 is 0.765 bits per heavy atom. The van der Waals surface area contributed by atoms with Gasteiger partial charge in [0.15, 0.2) is 0 Å². The second-order valence-corrected chi connectivity index (χ2v) is 4.83. The van der Waals surface area contributed by atoms with Crippen LogP contribution in [0.4, 0.5) is 0 Å².